The Kier molecular flexibility index (Phi) is 6.77. The lowest BCUT2D eigenvalue weighted by molar-refractivity contribution is -0.123. The summed E-state index contributed by atoms with van der Waals surface area (Å²) in [5, 5.41) is -0.471. The van der Waals surface area contributed by atoms with Gasteiger partial charge in [-0.05, 0) is 0 Å². The molecule has 0 bridgehead atoms. The maximum absolute atomic E-state index is 13.4. The zero-order valence-corrected chi connectivity index (χ0v) is 12.2. The Labute approximate surface area is 128 Å². The van der Waals surface area contributed by atoms with Gasteiger partial charge in [0.2, 0.25) is 5.12 Å². The number of hydrogen-bond acceptors (Lipinski definition) is 2. The summed E-state index contributed by atoms with van der Waals surface area (Å²) in [5.41, 5.74) is 0.302. The normalized spacial score (nSPS) is 13.9. The Hall–Kier alpha value is -1.18. The van der Waals surface area contributed by atoms with Crippen LogP contribution in [0.15, 0.2) is 30.3 Å². The van der Waals surface area contributed by atoms with Crippen LogP contribution in [0.1, 0.15) is 23.2 Å². The van der Waals surface area contributed by atoms with E-state index in [-0.39, 0.29) is 0 Å². The van der Waals surface area contributed by atoms with E-state index in [0.717, 1.165) is 0 Å². The van der Waals surface area contributed by atoms with Crippen LogP contribution in [-0.2, 0) is 0 Å². The lowest BCUT2D eigenvalue weighted by atomic mass is 10.1. The second-order valence-electron chi connectivity index (χ2n) is 4.67. The molecular weight excluding hydrogens is 330 g/mol. The number of benzene rings is 1. The Morgan fingerprint density at radius 3 is 2.27 bits per heavy atom. The third-order valence-corrected chi connectivity index (χ3v) is 3.72. The van der Waals surface area contributed by atoms with E-state index < -0.39 is 48.4 Å². The number of alkyl halides is 6. The van der Waals surface area contributed by atoms with Crippen LogP contribution in [0, 0.1) is 0 Å². The number of hydrogen-bond donors (Lipinski definition) is 0. The Morgan fingerprint density at radius 2 is 1.73 bits per heavy atom. The summed E-state index contributed by atoms with van der Waals surface area (Å²) in [6, 6.07) is 7.85. The van der Waals surface area contributed by atoms with Crippen LogP contribution in [0.4, 0.5) is 26.3 Å². The van der Waals surface area contributed by atoms with Crippen molar-refractivity contribution in [3.8, 4) is 0 Å². The number of thioether (sulfide) groups is 1. The minimum Gasteiger partial charge on any atom is -0.282 e. The molecule has 0 heterocycles. The zero-order valence-electron chi connectivity index (χ0n) is 11.4. The van der Waals surface area contributed by atoms with Crippen LogP contribution in [0.25, 0.3) is 0 Å². The second kappa shape index (κ2) is 7.89. The summed E-state index contributed by atoms with van der Waals surface area (Å²) in [4.78, 5) is 11.6. The molecule has 0 amide bonds. The molecule has 0 aliphatic carbocycles. The first-order chi connectivity index (χ1) is 10.2. The first-order valence-electron chi connectivity index (χ1n) is 6.36. The first-order valence-corrected chi connectivity index (χ1v) is 7.34. The Bertz CT molecular complexity index is 479. The molecule has 0 aliphatic heterocycles. The van der Waals surface area contributed by atoms with Crippen molar-refractivity contribution in [2.45, 2.75) is 30.9 Å². The van der Waals surface area contributed by atoms with E-state index in [4.69, 9.17) is 0 Å². The van der Waals surface area contributed by atoms with Gasteiger partial charge in [-0.25, -0.2) is 26.3 Å². The highest BCUT2D eigenvalue weighted by Crippen LogP contribution is 2.34. The summed E-state index contributed by atoms with van der Waals surface area (Å²) < 4.78 is 77.0. The summed E-state index contributed by atoms with van der Waals surface area (Å²) >= 11 is 0.550. The van der Waals surface area contributed by atoms with Gasteiger partial charge in [0.15, 0.2) is 12.8 Å². The van der Waals surface area contributed by atoms with Crippen molar-refractivity contribution in [1.29, 1.82) is 0 Å². The van der Waals surface area contributed by atoms with Crippen LogP contribution < -0.4 is 0 Å². The van der Waals surface area contributed by atoms with Gasteiger partial charge >= 0.3 is 0 Å². The molecule has 0 saturated carbocycles. The maximum Gasteiger partial charge on any atom is 0.279 e. The standard InChI is InChI=1S/C14H14F6OS/c15-9-13(17,18)8-11(16)14(19,20)6-7-22-12(21)10-4-2-1-3-5-10/h1-5,11H,6-9H2. The van der Waals surface area contributed by atoms with Crippen molar-refractivity contribution < 1.29 is 31.1 Å². The van der Waals surface area contributed by atoms with E-state index in [1.165, 1.54) is 12.1 Å². The van der Waals surface area contributed by atoms with Crippen LogP contribution in [0.5, 0.6) is 0 Å². The lowest BCUT2D eigenvalue weighted by Crippen LogP contribution is -2.36. The number of halogens is 6. The Morgan fingerprint density at radius 1 is 1.14 bits per heavy atom. The van der Waals surface area contributed by atoms with Crippen LogP contribution in [-0.4, -0.2) is 35.6 Å². The molecule has 1 aromatic carbocycles. The van der Waals surface area contributed by atoms with E-state index in [0.29, 0.717) is 17.3 Å². The van der Waals surface area contributed by atoms with E-state index >= 15 is 0 Å². The van der Waals surface area contributed by atoms with Crippen molar-refractivity contribution >= 4 is 16.9 Å². The quantitative estimate of drug-likeness (QED) is 0.623. The molecule has 1 nitrogen and oxygen atoms in total. The summed E-state index contributed by atoms with van der Waals surface area (Å²) in [7, 11) is 0. The summed E-state index contributed by atoms with van der Waals surface area (Å²) in [6.45, 7) is -2.19. The smallest absolute Gasteiger partial charge is 0.279 e. The van der Waals surface area contributed by atoms with Crippen LogP contribution in [0.2, 0.25) is 0 Å². The molecule has 1 atom stereocenters. The average Bonchev–Trinajstić information content (AvgIpc) is 2.47. The van der Waals surface area contributed by atoms with E-state index in [1.54, 1.807) is 18.2 Å². The molecule has 0 spiro atoms. The largest absolute Gasteiger partial charge is 0.282 e. The number of rotatable bonds is 8. The molecule has 0 aliphatic rings. The van der Waals surface area contributed by atoms with Gasteiger partial charge in [-0.2, -0.15) is 0 Å². The highest BCUT2D eigenvalue weighted by molar-refractivity contribution is 8.14. The molecule has 1 rings (SSSR count). The van der Waals surface area contributed by atoms with Crippen molar-refractivity contribution in [3.05, 3.63) is 35.9 Å². The predicted octanol–water partition coefficient (Wildman–Crippen LogP) is 4.92. The van der Waals surface area contributed by atoms with Crippen LogP contribution >= 0.6 is 11.8 Å². The van der Waals surface area contributed by atoms with Gasteiger partial charge in [0, 0.05) is 17.7 Å². The maximum atomic E-state index is 13.4. The number of carbonyl (C=O) groups excluding carboxylic acids is 1. The van der Waals surface area contributed by atoms with E-state index in [9.17, 15) is 31.1 Å². The molecule has 1 unspecified atom stereocenters. The second-order valence-corrected chi connectivity index (χ2v) is 5.74. The Balaban J connectivity index is 2.47. The molecule has 0 aromatic heterocycles. The first kappa shape index (κ1) is 18.9. The highest BCUT2D eigenvalue weighted by Gasteiger charge is 2.46. The number of carbonyl (C=O) groups is 1. The molecule has 0 fully saturated rings. The fourth-order valence-corrected chi connectivity index (χ4v) is 2.42. The monoisotopic (exact) mass is 344 g/mol. The van der Waals surface area contributed by atoms with Gasteiger partial charge in [0.1, 0.15) is 0 Å². The van der Waals surface area contributed by atoms with Crippen molar-refractivity contribution in [2.24, 2.45) is 0 Å². The topological polar surface area (TPSA) is 17.1 Å². The van der Waals surface area contributed by atoms with Crippen molar-refractivity contribution in [3.63, 3.8) is 0 Å². The minimum absolute atomic E-state index is 0.302. The van der Waals surface area contributed by atoms with Gasteiger partial charge in [0.25, 0.3) is 11.8 Å². The lowest BCUT2D eigenvalue weighted by Gasteiger charge is -2.23. The molecule has 0 radical (unpaired) electrons. The molecule has 124 valence electrons. The van der Waals surface area contributed by atoms with Crippen LogP contribution in [0.3, 0.4) is 0 Å². The fourth-order valence-electron chi connectivity index (χ4n) is 1.56. The predicted molar refractivity (Wildman–Crippen MR) is 73.2 cm³/mol. The van der Waals surface area contributed by atoms with E-state index in [1.807, 2.05) is 0 Å². The summed E-state index contributed by atoms with van der Waals surface area (Å²) in [6.07, 6.45) is -6.13. The van der Waals surface area contributed by atoms with E-state index in [2.05, 4.69) is 0 Å². The zero-order chi connectivity index (χ0) is 16.8. The van der Waals surface area contributed by atoms with Gasteiger partial charge in [-0.3, -0.25) is 4.79 Å². The SMILES string of the molecule is O=C(SCCC(F)(F)C(F)CC(F)(F)CF)c1ccccc1. The minimum atomic E-state index is -4.12. The molecule has 0 N–H and O–H groups in total. The summed E-state index contributed by atoms with van der Waals surface area (Å²) in [5.74, 6) is -8.58. The van der Waals surface area contributed by atoms with Crippen molar-refractivity contribution in [2.75, 3.05) is 12.4 Å². The van der Waals surface area contributed by atoms with Crippen molar-refractivity contribution in [1.82, 2.24) is 0 Å². The molecule has 1 aromatic rings. The third-order valence-electron chi connectivity index (χ3n) is 2.81. The highest BCUT2D eigenvalue weighted by atomic mass is 32.2. The third kappa shape index (κ3) is 5.90. The molecular formula is C14H14F6OS. The molecule has 22 heavy (non-hydrogen) atoms. The molecule has 8 heteroatoms. The van der Waals surface area contributed by atoms with Gasteiger partial charge < -0.3 is 0 Å². The van der Waals surface area contributed by atoms with Gasteiger partial charge in [-0.1, -0.05) is 42.1 Å². The van der Waals surface area contributed by atoms with Gasteiger partial charge in [0.05, 0.1) is 6.42 Å². The fraction of sp³-hybridized carbons (Fsp3) is 0.500. The average molecular weight is 344 g/mol. The molecule has 0 saturated heterocycles. The van der Waals surface area contributed by atoms with Gasteiger partial charge in [-0.15, -0.1) is 0 Å².